The number of thiazole rings is 1. The molecule has 0 spiro atoms. The van der Waals surface area contributed by atoms with Crippen molar-refractivity contribution in [2.75, 3.05) is 25.0 Å². The van der Waals surface area contributed by atoms with Gasteiger partial charge in [-0.25, -0.2) is 4.98 Å². The monoisotopic (exact) mass is 394 g/mol. The Balaban J connectivity index is 1.28. The molecule has 2 aromatic rings. The number of benzene rings is 1. The zero-order valence-electron chi connectivity index (χ0n) is 16.3. The van der Waals surface area contributed by atoms with Crippen LogP contribution in [0.25, 0.3) is 0 Å². The number of fused-ring (bicyclic) bond motifs is 1. The molecule has 0 radical (unpaired) electrons. The second kappa shape index (κ2) is 8.87. The third-order valence-electron chi connectivity index (χ3n) is 5.32. The summed E-state index contributed by atoms with van der Waals surface area (Å²) in [7, 11) is 0. The number of hydrogen-bond donors (Lipinski definition) is 2. The summed E-state index contributed by atoms with van der Waals surface area (Å²) in [6.45, 7) is 6.56. The summed E-state index contributed by atoms with van der Waals surface area (Å²) in [5, 5.41) is 6.86. The highest BCUT2D eigenvalue weighted by molar-refractivity contribution is 7.15. The SMILES string of the molecule is CC(=O)Nc1ncc(CN2CCC(C#Cc3ccc4c(c3)CNCC4)CC2)s1. The van der Waals surface area contributed by atoms with Gasteiger partial charge in [0.25, 0.3) is 0 Å². The standard InChI is InChI=1S/C22H26N4OS/c1-16(27)25-22-24-14-21(28-22)15-26-10-7-17(8-11-26)2-3-18-4-5-19-6-9-23-13-20(19)12-18/h4-5,12,14,17,23H,6-11,13,15H2,1H3,(H,24,25,27). The zero-order valence-corrected chi connectivity index (χ0v) is 17.1. The first-order chi connectivity index (χ1) is 13.7. The van der Waals surface area contributed by atoms with Crippen molar-refractivity contribution in [1.82, 2.24) is 15.2 Å². The van der Waals surface area contributed by atoms with Crippen LogP contribution in [0.1, 0.15) is 41.3 Å². The number of carbonyl (C=O) groups is 1. The van der Waals surface area contributed by atoms with E-state index < -0.39 is 0 Å². The average Bonchev–Trinajstić information content (AvgIpc) is 3.13. The van der Waals surface area contributed by atoms with E-state index in [1.54, 1.807) is 11.3 Å². The first-order valence-corrected chi connectivity index (χ1v) is 10.8. The van der Waals surface area contributed by atoms with Gasteiger partial charge in [-0.2, -0.15) is 0 Å². The van der Waals surface area contributed by atoms with Crippen LogP contribution in [0.5, 0.6) is 0 Å². The highest BCUT2D eigenvalue weighted by Crippen LogP contribution is 2.23. The molecule has 1 aromatic heterocycles. The number of nitrogens with zero attached hydrogens (tertiary/aromatic N) is 2. The third kappa shape index (κ3) is 4.99. The summed E-state index contributed by atoms with van der Waals surface area (Å²) >= 11 is 1.56. The number of aromatic nitrogens is 1. The van der Waals surface area contributed by atoms with Crippen molar-refractivity contribution in [3.05, 3.63) is 46.0 Å². The normalized spacial score (nSPS) is 17.5. The molecule has 1 amide bonds. The molecule has 28 heavy (non-hydrogen) atoms. The fraction of sp³-hybridized carbons (Fsp3) is 0.455. The maximum atomic E-state index is 11.1. The first kappa shape index (κ1) is 19.1. The van der Waals surface area contributed by atoms with Crippen LogP contribution >= 0.6 is 11.3 Å². The minimum atomic E-state index is -0.0736. The molecule has 5 nitrogen and oxygen atoms in total. The molecular formula is C22H26N4OS. The van der Waals surface area contributed by atoms with Gasteiger partial charge >= 0.3 is 0 Å². The van der Waals surface area contributed by atoms with Crippen molar-refractivity contribution in [3.8, 4) is 11.8 Å². The molecule has 0 aliphatic carbocycles. The van der Waals surface area contributed by atoms with Crippen molar-refractivity contribution in [2.45, 2.75) is 39.3 Å². The van der Waals surface area contributed by atoms with Crippen molar-refractivity contribution in [1.29, 1.82) is 0 Å². The van der Waals surface area contributed by atoms with Gasteiger partial charge in [0.05, 0.1) is 0 Å². The molecule has 1 fully saturated rings. The molecule has 0 bridgehead atoms. The third-order valence-corrected chi connectivity index (χ3v) is 6.21. The second-order valence-electron chi connectivity index (χ2n) is 7.54. The Kier molecular flexibility index (Phi) is 6.06. The van der Waals surface area contributed by atoms with Gasteiger partial charge in [-0.1, -0.05) is 17.9 Å². The highest BCUT2D eigenvalue weighted by Gasteiger charge is 2.18. The lowest BCUT2D eigenvalue weighted by Gasteiger charge is -2.29. The van der Waals surface area contributed by atoms with Gasteiger partial charge in [-0.3, -0.25) is 9.69 Å². The fourth-order valence-electron chi connectivity index (χ4n) is 3.79. The molecule has 3 heterocycles. The molecule has 6 heteroatoms. The summed E-state index contributed by atoms with van der Waals surface area (Å²) in [6, 6.07) is 6.66. The lowest BCUT2D eigenvalue weighted by Crippen LogP contribution is -2.32. The van der Waals surface area contributed by atoms with E-state index >= 15 is 0 Å². The molecular weight excluding hydrogens is 368 g/mol. The number of piperidine rings is 1. The lowest BCUT2D eigenvalue weighted by molar-refractivity contribution is -0.114. The number of likely N-dealkylation sites (tertiary alicyclic amines) is 1. The van der Waals surface area contributed by atoms with Crippen LogP contribution in [-0.4, -0.2) is 35.4 Å². The van der Waals surface area contributed by atoms with E-state index in [-0.39, 0.29) is 5.91 Å². The van der Waals surface area contributed by atoms with Gasteiger partial charge in [0.15, 0.2) is 5.13 Å². The topological polar surface area (TPSA) is 57.3 Å². The van der Waals surface area contributed by atoms with E-state index in [4.69, 9.17) is 0 Å². The van der Waals surface area contributed by atoms with Crippen molar-refractivity contribution < 1.29 is 4.79 Å². The molecule has 1 saturated heterocycles. The largest absolute Gasteiger partial charge is 0.312 e. The predicted molar refractivity (Wildman–Crippen MR) is 113 cm³/mol. The molecule has 146 valence electrons. The number of hydrogen-bond acceptors (Lipinski definition) is 5. The van der Waals surface area contributed by atoms with Crippen LogP contribution in [0, 0.1) is 17.8 Å². The Labute approximate surface area is 170 Å². The molecule has 2 aliphatic heterocycles. The minimum Gasteiger partial charge on any atom is -0.312 e. The quantitative estimate of drug-likeness (QED) is 0.786. The smallest absolute Gasteiger partial charge is 0.223 e. The Morgan fingerprint density at radius 2 is 2.21 bits per heavy atom. The van der Waals surface area contributed by atoms with Crippen LogP contribution in [0.2, 0.25) is 0 Å². The maximum absolute atomic E-state index is 11.1. The lowest BCUT2D eigenvalue weighted by atomic mass is 9.96. The van der Waals surface area contributed by atoms with Gasteiger partial charge in [0.2, 0.25) is 5.91 Å². The summed E-state index contributed by atoms with van der Waals surface area (Å²) in [5.41, 5.74) is 4.00. The average molecular weight is 395 g/mol. The van der Waals surface area contributed by atoms with Crippen molar-refractivity contribution >= 4 is 22.4 Å². The van der Waals surface area contributed by atoms with Crippen molar-refractivity contribution in [2.24, 2.45) is 5.92 Å². The van der Waals surface area contributed by atoms with E-state index in [0.717, 1.165) is 57.5 Å². The van der Waals surface area contributed by atoms with Crippen LogP contribution in [0.3, 0.4) is 0 Å². The fourth-order valence-corrected chi connectivity index (χ4v) is 4.69. The number of carbonyl (C=O) groups excluding carboxylic acids is 1. The number of amides is 1. The van der Waals surface area contributed by atoms with Gasteiger partial charge in [0, 0.05) is 42.6 Å². The highest BCUT2D eigenvalue weighted by atomic mass is 32.1. The van der Waals surface area contributed by atoms with Gasteiger partial charge < -0.3 is 10.6 Å². The summed E-state index contributed by atoms with van der Waals surface area (Å²) < 4.78 is 0. The maximum Gasteiger partial charge on any atom is 0.223 e. The molecule has 0 saturated carbocycles. The van der Waals surface area contributed by atoms with Crippen molar-refractivity contribution in [3.63, 3.8) is 0 Å². The summed E-state index contributed by atoms with van der Waals surface area (Å²) in [5.74, 6) is 7.31. The van der Waals surface area contributed by atoms with E-state index in [0.29, 0.717) is 11.0 Å². The number of rotatable bonds is 3. The van der Waals surface area contributed by atoms with Crippen LogP contribution in [0.4, 0.5) is 5.13 Å². The molecule has 0 atom stereocenters. The van der Waals surface area contributed by atoms with Gasteiger partial charge in [-0.15, -0.1) is 11.3 Å². The predicted octanol–water partition coefficient (Wildman–Crippen LogP) is 3.01. The van der Waals surface area contributed by atoms with Gasteiger partial charge in [-0.05, 0) is 62.2 Å². The van der Waals surface area contributed by atoms with Crippen LogP contribution in [0.15, 0.2) is 24.4 Å². The first-order valence-electron chi connectivity index (χ1n) is 9.94. The molecule has 2 N–H and O–H groups in total. The van der Waals surface area contributed by atoms with E-state index in [2.05, 4.69) is 50.6 Å². The zero-order chi connectivity index (χ0) is 19.3. The van der Waals surface area contributed by atoms with Crippen LogP contribution in [-0.2, 0) is 24.3 Å². The second-order valence-corrected chi connectivity index (χ2v) is 8.66. The number of nitrogens with one attached hydrogen (secondary N) is 2. The Hall–Kier alpha value is -2.20. The molecule has 2 aliphatic rings. The minimum absolute atomic E-state index is 0.0736. The molecule has 1 aromatic carbocycles. The van der Waals surface area contributed by atoms with E-state index in [1.807, 2.05) is 6.20 Å². The Morgan fingerprint density at radius 3 is 3.04 bits per heavy atom. The van der Waals surface area contributed by atoms with E-state index in [1.165, 1.54) is 22.9 Å². The summed E-state index contributed by atoms with van der Waals surface area (Å²) in [6.07, 6.45) is 5.20. The Morgan fingerprint density at radius 1 is 1.36 bits per heavy atom. The van der Waals surface area contributed by atoms with Gasteiger partial charge in [0.1, 0.15) is 0 Å². The Bertz CT molecular complexity index is 903. The summed E-state index contributed by atoms with van der Waals surface area (Å²) in [4.78, 5) is 19.0. The molecule has 0 unspecified atom stereocenters. The number of anilines is 1. The van der Waals surface area contributed by atoms with Crippen LogP contribution < -0.4 is 10.6 Å². The molecule has 4 rings (SSSR count). The van der Waals surface area contributed by atoms with E-state index in [9.17, 15) is 4.79 Å².